The third-order valence-electron chi connectivity index (χ3n) is 8.77. The van der Waals surface area contributed by atoms with Gasteiger partial charge in [0.15, 0.2) is 0 Å². The summed E-state index contributed by atoms with van der Waals surface area (Å²) >= 11 is 0. The van der Waals surface area contributed by atoms with Gasteiger partial charge in [-0.2, -0.15) is 0 Å². The van der Waals surface area contributed by atoms with Gasteiger partial charge in [-0.05, 0) is 66.2 Å². The number of benzene rings is 7. The zero-order valence-corrected chi connectivity index (χ0v) is 24.5. The van der Waals surface area contributed by atoms with Gasteiger partial charge in [0, 0.05) is 33.1 Å². The van der Waals surface area contributed by atoms with Crippen LogP contribution in [0.4, 0.5) is 17.1 Å². The van der Waals surface area contributed by atoms with Crippen molar-refractivity contribution in [2.45, 2.75) is 0 Å². The Morgan fingerprint density at radius 3 is 1.89 bits per heavy atom. The lowest BCUT2D eigenvalue weighted by atomic mass is 9.98. The monoisotopic (exact) mass is 576 g/mol. The summed E-state index contributed by atoms with van der Waals surface area (Å²) in [6.45, 7) is 0. The van der Waals surface area contributed by atoms with Gasteiger partial charge in [0.2, 0.25) is 0 Å². The van der Waals surface area contributed by atoms with E-state index in [1.165, 1.54) is 21.8 Å². The molecule has 0 aliphatic carbocycles. The molecule has 3 nitrogen and oxygen atoms in total. The molecule has 0 atom stereocenters. The van der Waals surface area contributed by atoms with Crippen molar-refractivity contribution in [2.75, 3.05) is 4.90 Å². The quantitative estimate of drug-likeness (QED) is 0.203. The summed E-state index contributed by atoms with van der Waals surface area (Å²) in [5, 5.41) is 4.63. The Kier molecular flexibility index (Phi) is 5.82. The molecule has 212 valence electrons. The van der Waals surface area contributed by atoms with E-state index < -0.39 is 0 Å². The average molecular weight is 577 g/mol. The second kappa shape index (κ2) is 10.3. The third kappa shape index (κ3) is 4.05. The summed E-state index contributed by atoms with van der Waals surface area (Å²) in [7, 11) is 0. The number of fused-ring (bicyclic) bond motifs is 6. The van der Waals surface area contributed by atoms with Crippen molar-refractivity contribution >= 4 is 60.8 Å². The second-order valence-electron chi connectivity index (χ2n) is 11.4. The fourth-order valence-corrected chi connectivity index (χ4v) is 6.82. The van der Waals surface area contributed by atoms with E-state index in [2.05, 4.69) is 167 Å². The van der Waals surface area contributed by atoms with Gasteiger partial charge in [-0.1, -0.05) is 109 Å². The molecule has 0 bridgehead atoms. The van der Waals surface area contributed by atoms with Gasteiger partial charge in [0.25, 0.3) is 0 Å². The Morgan fingerprint density at radius 2 is 1.09 bits per heavy atom. The molecular weight excluding hydrogens is 548 g/mol. The highest BCUT2D eigenvalue weighted by Gasteiger charge is 2.24. The summed E-state index contributed by atoms with van der Waals surface area (Å²) in [4.78, 5) is 2.40. The van der Waals surface area contributed by atoms with E-state index in [0.717, 1.165) is 55.8 Å². The molecule has 0 spiro atoms. The van der Waals surface area contributed by atoms with Crippen LogP contribution in [0.15, 0.2) is 174 Å². The Balaban J connectivity index is 1.44. The maximum Gasteiger partial charge on any atom is 0.137 e. The van der Waals surface area contributed by atoms with E-state index in [1.54, 1.807) is 0 Å². The van der Waals surface area contributed by atoms with Gasteiger partial charge in [-0.3, -0.25) is 0 Å². The maximum absolute atomic E-state index is 6.38. The first-order valence-electron chi connectivity index (χ1n) is 15.3. The summed E-state index contributed by atoms with van der Waals surface area (Å²) in [6, 6.07) is 60.2. The highest BCUT2D eigenvalue weighted by atomic mass is 16.3. The Hall–Kier alpha value is -6.06. The molecule has 0 amide bonds. The van der Waals surface area contributed by atoms with Gasteiger partial charge in [0.1, 0.15) is 11.2 Å². The SMILES string of the molecule is c1ccc(-c2cc3c(cc2N(c2ccccc2)c2cccc4oc5ccccc5c24)c2ccccc2n3-c2ccccc2)cc1. The van der Waals surface area contributed by atoms with Crippen LogP contribution in [0.5, 0.6) is 0 Å². The highest BCUT2D eigenvalue weighted by molar-refractivity contribution is 6.16. The lowest BCUT2D eigenvalue weighted by Crippen LogP contribution is -2.11. The van der Waals surface area contributed by atoms with Crippen molar-refractivity contribution < 1.29 is 4.42 Å². The molecule has 45 heavy (non-hydrogen) atoms. The number of hydrogen-bond donors (Lipinski definition) is 0. The van der Waals surface area contributed by atoms with E-state index >= 15 is 0 Å². The average Bonchev–Trinajstić information content (AvgIpc) is 3.65. The van der Waals surface area contributed by atoms with Crippen LogP contribution < -0.4 is 4.90 Å². The first kappa shape index (κ1) is 25.4. The molecule has 0 fully saturated rings. The third-order valence-corrected chi connectivity index (χ3v) is 8.77. The fourth-order valence-electron chi connectivity index (χ4n) is 6.82. The van der Waals surface area contributed by atoms with E-state index in [4.69, 9.17) is 4.42 Å². The molecule has 3 heteroatoms. The fraction of sp³-hybridized carbons (Fsp3) is 0. The van der Waals surface area contributed by atoms with E-state index in [-0.39, 0.29) is 0 Å². The topological polar surface area (TPSA) is 21.3 Å². The predicted molar refractivity (Wildman–Crippen MR) is 188 cm³/mol. The van der Waals surface area contributed by atoms with Gasteiger partial charge in [0.05, 0.1) is 27.8 Å². The first-order chi connectivity index (χ1) is 22.3. The number of furan rings is 1. The van der Waals surface area contributed by atoms with Crippen molar-refractivity contribution in [1.29, 1.82) is 0 Å². The largest absolute Gasteiger partial charge is 0.456 e. The van der Waals surface area contributed by atoms with Crippen molar-refractivity contribution in [3.63, 3.8) is 0 Å². The molecule has 0 saturated carbocycles. The van der Waals surface area contributed by atoms with Crippen LogP contribution in [0.1, 0.15) is 0 Å². The summed E-state index contributed by atoms with van der Waals surface area (Å²) in [5.41, 5.74) is 10.8. The molecule has 9 aromatic rings. The van der Waals surface area contributed by atoms with Crippen LogP contribution in [-0.2, 0) is 0 Å². The van der Waals surface area contributed by atoms with Crippen molar-refractivity contribution in [2.24, 2.45) is 0 Å². The number of hydrogen-bond acceptors (Lipinski definition) is 2. The molecule has 0 aliphatic rings. The molecule has 2 aromatic heterocycles. The number of anilines is 3. The Morgan fingerprint density at radius 1 is 0.444 bits per heavy atom. The first-order valence-corrected chi connectivity index (χ1v) is 15.3. The molecule has 2 heterocycles. The van der Waals surface area contributed by atoms with Crippen LogP contribution in [0.3, 0.4) is 0 Å². The van der Waals surface area contributed by atoms with Crippen LogP contribution >= 0.6 is 0 Å². The van der Waals surface area contributed by atoms with Crippen LogP contribution in [0, 0.1) is 0 Å². The molecule has 9 rings (SSSR count). The molecule has 0 unspecified atom stereocenters. The standard InChI is InChI=1S/C42H28N2O/c1-4-15-29(16-5-1)34-27-39-35(32-21-10-12-23-36(32)43(39)30-17-6-2-7-18-30)28-38(34)44(31-19-8-3-9-20-31)37-24-14-26-41-42(37)33-22-11-13-25-40(33)45-41/h1-28H. The summed E-state index contributed by atoms with van der Waals surface area (Å²) < 4.78 is 8.77. The number of nitrogens with zero attached hydrogens (tertiary/aromatic N) is 2. The Bertz CT molecular complexity index is 2470. The van der Waals surface area contributed by atoms with E-state index in [9.17, 15) is 0 Å². The molecule has 0 saturated heterocycles. The predicted octanol–water partition coefficient (Wildman–Crippen LogP) is 11.8. The van der Waals surface area contributed by atoms with Gasteiger partial charge < -0.3 is 13.9 Å². The van der Waals surface area contributed by atoms with Crippen molar-refractivity contribution in [3.05, 3.63) is 170 Å². The summed E-state index contributed by atoms with van der Waals surface area (Å²) in [5.74, 6) is 0. The molecule has 0 N–H and O–H groups in total. The zero-order chi connectivity index (χ0) is 29.7. The lowest BCUT2D eigenvalue weighted by Gasteiger charge is -2.29. The van der Waals surface area contributed by atoms with Crippen LogP contribution in [-0.4, -0.2) is 4.57 Å². The maximum atomic E-state index is 6.38. The smallest absolute Gasteiger partial charge is 0.137 e. The zero-order valence-electron chi connectivity index (χ0n) is 24.5. The molecular formula is C42H28N2O. The molecule has 0 aliphatic heterocycles. The minimum atomic E-state index is 0.873. The minimum absolute atomic E-state index is 0.873. The number of rotatable bonds is 5. The second-order valence-corrected chi connectivity index (χ2v) is 11.4. The number of aromatic nitrogens is 1. The summed E-state index contributed by atoms with van der Waals surface area (Å²) in [6.07, 6.45) is 0. The molecule has 7 aromatic carbocycles. The lowest BCUT2D eigenvalue weighted by molar-refractivity contribution is 0.669. The van der Waals surface area contributed by atoms with Crippen LogP contribution in [0.2, 0.25) is 0 Å². The van der Waals surface area contributed by atoms with E-state index in [1.807, 2.05) is 12.1 Å². The van der Waals surface area contributed by atoms with Gasteiger partial charge in [-0.25, -0.2) is 0 Å². The highest BCUT2D eigenvalue weighted by Crippen LogP contribution is 2.48. The Labute approximate surface area is 260 Å². The van der Waals surface area contributed by atoms with Crippen molar-refractivity contribution in [3.8, 4) is 16.8 Å². The van der Waals surface area contributed by atoms with Gasteiger partial charge in [-0.15, -0.1) is 0 Å². The normalized spacial score (nSPS) is 11.6. The minimum Gasteiger partial charge on any atom is -0.456 e. The molecule has 0 radical (unpaired) electrons. The van der Waals surface area contributed by atoms with Gasteiger partial charge >= 0.3 is 0 Å². The van der Waals surface area contributed by atoms with Crippen molar-refractivity contribution in [1.82, 2.24) is 4.57 Å². The van der Waals surface area contributed by atoms with Crippen LogP contribution in [0.25, 0.3) is 60.6 Å². The number of para-hydroxylation sites is 4. The van der Waals surface area contributed by atoms with E-state index in [0.29, 0.717) is 0 Å².